The SMILES string of the molecule is CCCNCc1coc(CN2CCOC3CCCC32)c1. The molecule has 0 spiro atoms. The lowest BCUT2D eigenvalue weighted by atomic mass is 10.1. The first-order valence-electron chi connectivity index (χ1n) is 7.99. The minimum absolute atomic E-state index is 0.462. The molecule has 4 nitrogen and oxygen atoms in total. The van der Waals surface area contributed by atoms with Crippen LogP contribution in [0.1, 0.15) is 43.9 Å². The molecule has 0 aromatic carbocycles. The molecule has 4 heteroatoms. The Kier molecular flexibility index (Phi) is 4.76. The smallest absolute Gasteiger partial charge is 0.118 e. The largest absolute Gasteiger partial charge is 0.468 e. The summed E-state index contributed by atoms with van der Waals surface area (Å²) in [5, 5.41) is 3.41. The van der Waals surface area contributed by atoms with Crippen molar-refractivity contribution in [1.29, 1.82) is 0 Å². The Bertz CT molecular complexity index is 418. The summed E-state index contributed by atoms with van der Waals surface area (Å²) in [6.07, 6.45) is 7.33. The zero-order valence-electron chi connectivity index (χ0n) is 12.4. The van der Waals surface area contributed by atoms with Gasteiger partial charge in [0.05, 0.1) is 25.5 Å². The zero-order chi connectivity index (χ0) is 13.8. The maximum atomic E-state index is 5.86. The van der Waals surface area contributed by atoms with E-state index < -0.39 is 0 Å². The maximum Gasteiger partial charge on any atom is 0.118 e. The van der Waals surface area contributed by atoms with Gasteiger partial charge in [0.25, 0.3) is 0 Å². The van der Waals surface area contributed by atoms with Gasteiger partial charge in [-0.25, -0.2) is 0 Å². The van der Waals surface area contributed by atoms with E-state index in [1.807, 2.05) is 6.26 Å². The van der Waals surface area contributed by atoms with Crippen LogP contribution in [0.3, 0.4) is 0 Å². The van der Waals surface area contributed by atoms with E-state index in [4.69, 9.17) is 9.15 Å². The Morgan fingerprint density at radius 3 is 3.25 bits per heavy atom. The number of morpholine rings is 1. The lowest BCUT2D eigenvalue weighted by Gasteiger charge is -2.37. The number of nitrogens with one attached hydrogen (secondary N) is 1. The van der Waals surface area contributed by atoms with Gasteiger partial charge in [0.2, 0.25) is 0 Å². The normalized spacial score (nSPS) is 26.9. The van der Waals surface area contributed by atoms with Crippen LogP contribution in [0.25, 0.3) is 0 Å². The Morgan fingerprint density at radius 2 is 2.35 bits per heavy atom. The molecule has 1 aromatic rings. The van der Waals surface area contributed by atoms with E-state index in [1.165, 1.54) is 31.2 Å². The van der Waals surface area contributed by atoms with Crippen LogP contribution < -0.4 is 5.32 Å². The topological polar surface area (TPSA) is 37.6 Å². The molecule has 1 aliphatic heterocycles. The molecule has 20 heavy (non-hydrogen) atoms. The van der Waals surface area contributed by atoms with Crippen molar-refractivity contribution in [2.24, 2.45) is 0 Å². The van der Waals surface area contributed by atoms with Crippen molar-refractivity contribution in [3.63, 3.8) is 0 Å². The summed E-state index contributed by atoms with van der Waals surface area (Å²) < 4.78 is 11.6. The average Bonchev–Trinajstić information content (AvgIpc) is 3.09. The fourth-order valence-corrected chi connectivity index (χ4v) is 3.41. The van der Waals surface area contributed by atoms with Gasteiger partial charge in [0.1, 0.15) is 5.76 Å². The molecule has 2 fully saturated rings. The Morgan fingerprint density at radius 1 is 1.40 bits per heavy atom. The van der Waals surface area contributed by atoms with E-state index in [0.29, 0.717) is 12.1 Å². The van der Waals surface area contributed by atoms with Crippen molar-refractivity contribution in [3.05, 3.63) is 23.7 Å². The van der Waals surface area contributed by atoms with Crippen molar-refractivity contribution in [3.8, 4) is 0 Å². The minimum Gasteiger partial charge on any atom is -0.468 e. The molecule has 1 aliphatic carbocycles. The van der Waals surface area contributed by atoms with E-state index in [-0.39, 0.29) is 0 Å². The molecule has 0 amide bonds. The predicted octanol–water partition coefficient (Wildman–Crippen LogP) is 2.53. The summed E-state index contributed by atoms with van der Waals surface area (Å²) in [6.45, 7) is 6.99. The summed E-state index contributed by atoms with van der Waals surface area (Å²) in [5.41, 5.74) is 1.25. The quantitative estimate of drug-likeness (QED) is 0.812. The lowest BCUT2D eigenvalue weighted by molar-refractivity contribution is -0.0606. The van der Waals surface area contributed by atoms with Crippen LogP contribution in [0.15, 0.2) is 16.7 Å². The highest BCUT2D eigenvalue weighted by Gasteiger charge is 2.36. The lowest BCUT2D eigenvalue weighted by Crippen LogP contribution is -2.47. The van der Waals surface area contributed by atoms with Gasteiger partial charge in [-0.05, 0) is 38.3 Å². The van der Waals surface area contributed by atoms with E-state index in [1.54, 1.807) is 0 Å². The molecule has 0 radical (unpaired) electrons. The third-order valence-electron chi connectivity index (χ3n) is 4.42. The van der Waals surface area contributed by atoms with Gasteiger partial charge < -0.3 is 14.5 Å². The van der Waals surface area contributed by atoms with Crippen molar-refractivity contribution < 1.29 is 9.15 Å². The number of nitrogens with zero attached hydrogens (tertiary/aromatic N) is 1. The van der Waals surface area contributed by atoms with Crippen molar-refractivity contribution in [1.82, 2.24) is 10.2 Å². The van der Waals surface area contributed by atoms with E-state index >= 15 is 0 Å². The fourth-order valence-electron chi connectivity index (χ4n) is 3.41. The van der Waals surface area contributed by atoms with Crippen molar-refractivity contribution in [2.45, 2.75) is 57.8 Å². The molecule has 0 bridgehead atoms. The van der Waals surface area contributed by atoms with Crippen LogP contribution in [0.5, 0.6) is 0 Å². The van der Waals surface area contributed by atoms with Crippen LogP contribution in [0.2, 0.25) is 0 Å². The first-order valence-corrected chi connectivity index (χ1v) is 7.99. The highest BCUT2D eigenvalue weighted by Crippen LogP contribution is 2.30. The average molecular weight is 278 g/mol. The number of fused-ring (bicyclic) bond motifs is 1. The number of hydrogen-bond acceptors (Lipinski definition) is 4. The molecule has 2 aliphatic rings. The molecule has 2 unspecified atom stereocenters. The molecule has 1 aromatic heterocycles. The second-order valence-corrected chi connectivity index (χ2v) is 5.98. The number of rotatable bonds is 6. The Labute approximate surface area is 121 Å². The first-order chi connectivity index (χ1) is 9.86. The summed E-state index contributed by atoms with van der Waals surface area (Å²) >= 11 is 0. The molecule has 112 valence electrons. The third kappa shape index (κ3) is 3.25. The third-order valence-corrected chi connectivity index (χ3v) is 4.42. The Balaban J connectivity index is 1.54. The number of ether oxygens (including phenoxy) is 1. The molecule has 1 saturated heterocycles. The van der Waals surface area contributed by atoms with Crippen LogP contribution in [-0.4, -0.2) is 36.7 Å². The highest BCUT2D eigenvalue weighted by atomic mass is 16.5. The van der Waals surface area contributed by atoms with E-state index in [2.05, 4.69) is 23.2 Å². The first kappa shape index (κ1) is 14.1. The molecule has 1 saturated carbocycles. The van der Waals surface area contributed by atoms with Crippen LogP contribution >= 0.6 is 0 Å². The monoisotopic (exact) mass is 278 g/mol. The fraction of sp³-hybridized carbons (Fsp3) is 0.750. The second-order valence-electron chi connectivity index (χ2n) is 5.98. The zero-order valence-corrected chi connectivity index (χ0v) is 12.4. The van der Waals surface area contributed by atoms with Crippen LogP contribution in [0.4, 0.5) is 0 Å². The van der Waals surface area contributed by atoms with E-state index in [9.17, 15) is 0 Å². The van der Waals surface area contributed by atoms with Gasteiger partial charge in [-0.2, -0.15) is 0 Å². The molecule has 2 heterocycles. The molecule has 3 rings (SSSR count). The summed E-state index contributed by atoms with van der Waals surface area (Å²) in [7, 11) is 0. The Hall–Kier alpha value is -0.840. The van der Waals surface area contributed by atoms with Crippen molar-refractivity contribution in [2.75, 3.05) is 19.7 Å². The summed E-state index contributed by atoms with van der Waals surface area (Å²) in [4.78, 5) is 2.54. The summed E-state index contributed by atoms with van der Waals surface area (Å²) in [6, 6.07) is 2.80. The number of hydrogen-bond donors (Lipinski definition) is 1. The second kappa shape index (κ2) is 6.74. The van der Waals surface area contributed by atoms with Gasteiger partial charge in [-0.15, -0.1) is 0 Å². The minimum atomic E-state index is 0.462. The molecule has 2 atom stereocenters. The standard InChI is InChI=1S/C16H26N2O2/c1-2-6-17-10-13-9-14(20-12-13)11-18-7-8-19-16-5-3-4-15(16)18/h9,12,15-17H,2-8,10-11H2,1H3. The van der Waals surface area contributed by atoms with Crippen molar-refractivity contribution >= 4 is 0 Å². The maximum absolute atomic E-state index is 5.86. The summed E-state index contributed by atoms with van der Waals surface area (Å²) in [5.74, 6) is 1.09. The predicted molar refractivity (Wildman–Crippen MR) is 78.5 cm³/mol. The van der Waals surface area contributed by atoms with Gasteiger partial charge in [0.15, 0.2) is 0 Å². The van der Waals surface area contributed by atoms with Crippen LogP contribution in [0, 0.1) is 0 Å². The highest BCUT2D eigenvalue weighted by molar-refractivity contribution is 5.13. The number of furan rings is 1. The van der Waals surface area contributed by atoms with Gasteiger partial charge in [-0.3, -0.25) is 4.90 Å². The van der Waals surface area contributed by atoms with Gasteiger partial charge in [-0.1, -0.05) is 6.92 Å². The van der Waals surface area contributed by atoms with E-state index in [0.717, 1.165) is 38.5 Å². The van der Waals surface area contributed by atoms with Gasteiger partial charge in [0, 0.05) is 24.7 Å². The van der Waals surface area contributed by atoms with Gasteiger partial charge >= 0.3 is 0 Å². The molecular formula is C16H26N2O2. The van der Waals surface area contributed by atoms with Crippen LogP contribution in [-0.2, 0) is 17.8 Å². The molecular weight excluding hydrogens is 252 g/mol. The molecule has 1 N–H and O–H groups in total.